The van der Waals surface area contributed by atoms with E-state index in [0.717, 1.165) is 30.4 Å². The molecule has 1 saturated heterocycles. The first-order valence-corrected chi connectivity index (χ1v) is 8.22. The van der Waals surface area contributed by atoms with E-state index >= 15 is 0 Å². The lowest BCUT2D eigenvalue weighted by molar-refractivity contribution is -0.157. The van der Waals surface area contributed by atoms with Gasteiger partial charge in [0.15, 0.2) is 5.69 Å². The predicted molar refractivity (Wildman–Crippen MR) is 83.2 cm³/mol. The van der Waals surface area contributed by atoms with Crippen LogP contribution in [-0.2, 0) is 6.18 Å². The van der Waals surface area contributed by atoms with Crippen LogP contribution in [-0.4, -0.2) is 40.5 Å². The van der Waals surface area contributed by atoms with Gasteiger partial charge in [-0.15, -0.1) is 0 Å². The first-order chi connectivity index (χ1) is 11.4. The molecule has 2 aromatic heterocycles. The molecule has 0 atom stereocenters. The van der Waals surface area contributed by atoms with E-state index < -0.39 is 23.7 Å². The lowest BCUT2D eigenvalue weighted by atomic mass is 10.3. The maximum Gasteiger partial charge on any atom is 0.468 e. The Bertz CT molecular complexity index is 712. The van der Waals surface area contributed by atoms with E-state index in [9.17, 15) is 18.0 Å². The highest BCUT2D eigenvalue weighted by atomic mass is 32.2. The number of carbonyl (C=O) groups excluding carboxylic acids is 1. The first kappa shape index (κ1) is 16.6. The molecule has 3 rings (SSSR count). The van der Waals surface area contributed by atoms with E-state index in [0.29, 0.717) is 12.0 Å². The van der Waals surface area contributed by atoms with Crippen molar-refractivity contribution in [3.63, 3.8) is 0 Å². The smallest absolute Gasteiger partial charge is 0.441 e. The number of alkyl halides is 3. The fourth-order valence-electron chi connectivity index (χ4n) is 2.14. The number of nitrogens with one attached hydrogen (secondary N) is 1. The van der Waals surface area contributed by atoms with Crippen molar-refractivity contribution in [2.75, 3.05) is 34.8 Å². The molecule has 0 aliphatic carbocycles. The maximum absolute atomic E-state index is 12.4. The monoisotopic (exact) mass is 358 g/mol. The van der Waals surface area contributed by atoms with Gasteiger partial charge in [-0.3, -0.25) is 4.79 Å². The van der Waals surface area contributed by atoms with Gasteiger partial charge in [0.25, 0.3) is 5.91 Å². The van der Waals surface area contributed by atoms with Crippen LogP contribution in [0, 0.1) is 0 Å². The van der Waals surface area contributed by atoms with Crippen molar-refractivity contribution in [3.05, 3.63) is 36.2 Å². The van der Waals surface area contributed by atoms with Crippen molar-refractivity contribution in [1.29, 1.82) is 0 Å². The summed E-state index contributed by atoms with van der Waals surface area (Å²) >= 11 is 1.88. The number of anilines is 2. The minimum absolute atomic E-state index is 0.367. The number of carbonyl (C=O) groups is 1. The Balaban J connectivity index is 1.65. The molecule has 1 N–H and O–H groups in total. The SMILES string of the molecule is O=C(Nc1ccc(N2CCSCC2)nc1)c1coc(C(F)(F)F)n1. The molecule has 0 bridgehead atoms. The van der Waals surface area contributed by atoms with Crippen LogP contribution in [0.3, 0.4) is 0 Å². The molecule has 1 amide bonds. The highest BCUT2D eigenvalue weighted by Gasteiger charge is 2.37. The molecular weight excluding hydrogens is 345 g/mol. The molecule has 1 fully saturated rings. The summed E-state index contributed by atoms with van der Waals surface area (Å²) in [5.74, 6) is 0.623. The molecular formula is C14H13F3N4O2S. The van der Waals surface area contributed by atoms with Gasteiger partial charge in [0.1, 0.15) is 12.1 Å². The fourth-order valence-corrected chi connectivity index (χ4v) is 3.05. The molecule has 0 saturated carbocycles. The largest absolute Gasteiger partial charge is 0.468 e. The maximum atomic E-state index is 12.4. The summed E-state index contributed by atoms with van der Waals surface area (Å²) in [6.07, 6.45) is -2.60. The van der Waals surface area contributed by atoms with Crippen LogP contribution in [0.25, 0.3) is 0 Å². The van der Waals surface area contributed by atoms with Gasteiger partial charge in [0, 0.05) is 24.6 Å². The van der Waals surface area contributed by atoms with Gasteiger partial charge in [-0.2, -0.15) is 24.9 Å². The summed E-state index contributed by atoms with van der Waals surface area (Å²) < 4.78 is 41.5. The Morgan fingerprint density at radius 1 is 1.29 bits per heavy atom. The third kappa shape index (κ3) is 3.81. The van der Waals surface area contributed by atoms with Crippen molar-refractivity contribution in [1.82, 2.24) is 9.97 Å². The van der Waals surface area contributed by atoms with E-state index in [-0.39, 0.29) is 0 Å². The number of thioether (sulfide) groups is 1. The molecule has 0 spiro atoms. The van der Waals surface area contributed by atoms with Crippen LogP contribution in [0.5, 0.6) is 0 Å². The number of nitrogens with zero attached hydrogens (tertiary/aromatic N) is 3. The summed E-state index contributed by atoms with van der Waals surface area (Å²) in [5, 5.41) is 2.44. The van der Waals surface area contributed by atoms with Crippen molar-refractivity contribution < 1.29 is 22.4 Å². The summed E-state index contributed by atoms with van der Waals surface area (Å²) in [4.78, 5) is 21.4. The molecule has 1 aliphatic heterocycles. The Kier molecular flexibility index (Phi) is 4.65. The van der Waals surface area contributed by atoms with Gasteiger partial charge in [-0.25, -0.2) is 9.97 Å². The Morgan fingerprint density at radius 2 is 2.04 bits per heavy atom. The molecule has 24 heavy (non-hydrogen) atoms. The van der Waals surface area contributed by atoms with Crippen molar-refractivity contribution in [3.8, 4) is 0 Å². The van der Waals surface area contributed by atoms with Crippen LogP contribution in [0.1, 0.15) is 16.4 Å². The van der Waals surface area contributed by atoms with E-state index in [2.05, 4.69) is 24.6 Å². The number of amides is 1. The Morgan fingerprint density at radius 3 is 2.62 bits per heavy atom. The van der Waals surface area contributed by atoms with E-state index in [1.54, 1.807) is 12.1 Å². The minimum atomic E-state index is -4.73. The molecule has 10 heteroatoms. The fraction of sp³-hybridized carbons (Fsp3) is 0.357. The van der Waals surface area contributed by atoms with E-state index in [1.807, 2.05) is 11.8 Å². The predicted octanol–water partition coefficient (Wildman–Crippen LogP) is 2.89. The van der Waals surface area contributed by atoms with Crippen molar-refractivity contribution in [2.24, 2.45) is 0 Å². The lowest BCUT2D eigenvalue weighted by Gasteiger charge is -2.27. The molecule has 0 aromatic carbocycles. The zero-order valence-corrected chi connectivity index (χ0v) is 13.2. The van der Waals surface area contributed by atoms with Gasteiger partial charge in [-0.05, 0) is 12.1 Å². The number of hydrogen-bond acceptors (Lipinski definition) is 6. The molecule has 6 nitrogen and oxygen atoms in total. The highest BCUT2D eigenvalue weighted by molar-refractivity contribution is 7.99. The molecule has 3 heterocycles. The van der Waals surface area contributed by atoms with Crippen molar-refractivity contribution >= 4 is 29.2 Å². The van der Waals surface area contributed by atoms with Gasteiger partial charge in [-0.1, -0.05) is 0 Å². The van der Waals surface area contributed by atoms with Gasteiger partial charge in [0.05, 0.1) is 11.9 Å². The Labute approximate surface area is 139 Å². The normalized spacial score (nSPS) is 15.4. The van der Waals surface area contributed by atoms with Gasteiger partial charge in [0.2, 0.25) is 0 Å². The van der Waals surface area contributed by atoms with Crippen LogP contribution >= 0.6 is 11.8 Å². The third-order valence-electron chi connectivity index (χ3n) is 3.32. The van der Waals surface area contributed by atoms with Crippen LogP contribution in [0.2, 0.25) is 0 Å². The summed E-state index contributed by atoms with van der Waals surface area (Å²) in [6, 6.07) is 3.41. The highest BCUT2D eigenvalue weighted by Crippen LogP contribution is 2.28. The number of rotatable bonds is 3. The average molecular weight is 358 g/mol. The van der Waals surface area contributed by atoms with E-state index in [1.165, 1.54) is 6.20 Å². The Hall–Kier alpha value is -2.23. The summed E-state index contributed by atoms with van der Waals surface area (Å²) in [6.45, 7) is 1.81. The third-order valence-corrected chi connectivity index (χ3v) is 4.26. The average Bonchev–Trinajstić information content (AvgIpc) is 3.07. The summed E-state index contributed by atoms with van der Waals surface area (Å²) in [5.41, 5.74) is -0.0776. The zero-order valence-electron chi connectivity index (χ0n) is 12.3. The number of hydrogen-bond donors (Lipinski definition) is 1. The molecule has 0 unspecified atom stereocenters. The lowest BCUT2D eigenvalue weighted by Crippen LogP contribution is -2.33. The van der Waals surface area contributed by atoms with Crippen LogP contribution in [0.15, 0.2) is 29.0 Å². The van der Waals surface area contributed by atoms with Crippen LogP contribution < -0.4 is 10.2 Å². The van der Waals surface area contributed by atoms with Gasteiger partial charge < -0.3 is 14.6 Å². The number of oxazole rings is 1. The van der Waals surface area contributed by atoms with Crippen molar-refractivity contribution in [2.45, 2.75) is 6.18 Å². The second-order valence-electron chi connectivity index (χ2n) is 4.99. The standard InChI is InChI=1S/C14H13F3N4O2S/c15-14(16,17)13-20-10(8-23-13)12(22)19-9-1-2-11(18-7-9)21-3-5-24-6-4-21/h1-2,7-8H,3-6H2,(H,19,22). The molecule has 0 radical (unpaired) electrons. The number of aromatic nitrogens is 2. The second kappa shape index (κ2) is 6.71. The zero-order chi connectivity index (χ0) is 17.2. The van der Waals surface area contributed by atoms with E-state index in [4.69, 9.17) is 0 Å². The number of halogens is 3. The molecule has 1 aliphatic rings. The minimum Gasteiger partial charge on any atom is -0.441 e. The second-order valence-corrected chi connectivity index (χ2v) is 6.22. The van der Waals surface area contributed by atoms with Gasteiger partial charge >= 0.3 is 12.1 Å². The quantitative estimate of drug-likeness (QED) is 0.910. The van der Waals surface area contributed by atoms with Crippen LogP contribution in [0.4, 0.5) is 24.7 Å². The topological polar surface area (TPSA) is 71.3 Å². The molecule has 128 valence electrons. The summed E-state index contributed by atoms with van der Waals surface area (Å²) in [7, 11) is 0. The molecule has 2 aromatic rings. The number of pyridine rings is 1. The first-order valence-electron chi connectivity index (χ1n) is 7.06.